The van der Waals surface area contributed by atoms with Gasteiger partial charge in [0, 0.05) is 23.8 Å². The molecule has 1 fully saturated rings. The Bertz CT molecular complexity index is 1150. The van der Waals surface area contributed by atoms with Gasteiger partial charge in [-0.1, -0.05) is 17.7 Å². The predicted octanol–water partition coefficient (Wildman–Crippen LogP) is 2.80. The number of nitrogens with zero attached hydrogens (tertiary/aromatic N) is 2. The average Bonchev–Trinajstić information content (AvgIpc) is 3.28. The third-order valence-electron chi connectivity index (χ3n) is 5.33. The number of carbonyl (C=O) groups is 2. The van der Waals surface area contributed by atoms with Gasteiger partial charge in [0.05, 0.1) is 10.6 Å². The molecule has 0 aromatic heterocycles. The number of ether oxygens (including phenoxy) is 1. The highest BCUT2D eigenvalue weighted by Gasteiger charge is 2.32. The number of sulfonamides is 1. The maximum absolute atomic E-state index is 12.9. The van der Waals surface area contributed by atoms with E-state index in [0.717, 1.165) is 18.4 Å². The van der Waals surface area contributed by atoms with Crippen molar-refractivity contribution in [3.63, 3.8) is 0 Å². The summed E-state index contributed by atoms with van der Waals surface area (Å²) in [6.45, 7) is 2.29. The van der Waals surface area contributed by atoms with E-state index in [1.54, 1.807) is 18.2 Å². The third-order valence-corrected chi connectivity index (χ3v) is 7.64. The second kappa shape index (κ2) is 8.49. The van der Waals surface area contributed by atoms with Crippen molar-refractivity contribution < 1.29 is 22.7 Å². The van der Waals surface area contributed by atoms with Gasteiger partial charge in [0.25, 0.3) is 5.91 Å². The van der Waals surface area contributed by atoms with Gasteiger partial charge in [0.1, 0.15) is 12.3 Å². The van der Waals surface area contributed by atoms with E-state index in [2.05, 4.69) is 5.32 Å². The Hall–Kier alpha value is -2.62. The number of rotatable bonds is 5. The molecule has 0 bridgehead atoms. The zero-order chi connectivity index (χ0) is 22.2. The van der Waals surface area contributed by atoms with E-state index in [9.17, 15) is 18.0 Å². The maximum Gasteiger partial charge on any atom is 0.265 e. The molecule has 2 aromatic carbocycles. The normalized spacial score (nSPS) is 16.7. The van der Waals surface area contributed by atoms with Crippen LogP contribution in [0.5, 0.6) is 5.75 Å². The van der Waals surface area contributed by atoms with Crippen molar-refractivity contribution in [3.8, 4) is 5.75 Å². The van der Waals surface area contributed by atoms with Gasteiger partial charge in [0.15, 0.2) is 6.61 Å². The molecule has 164 valence electrons. The van der Waals surface area contributed by atoms with Crippen LogP contribution in [0.2, 0.25) is 5.02 Å². The second-order valence-electron chi connectivity index (χ2n) is 7.52. The van der Waals surface area contributed by atoms with Crippen LogP contribution < -0.4 is 15.0 Å². The zero-order valence-electron chi connectivity index (χ0n) is 16.9. The summed E-state index contributed by atoms with van der Waals surface area (Å²) >= 11 is 6.10. The first-order valence-corrected chi connectivity index (χ1v) is 11.7. The van der Waals surface area contributed by atoms with Crippen LogP contribution in [-0.2, 0) is 19.6 Å². The fourth-order valence-electron chi connectivity index (χ4n) is 3.61. The van der Waals surface area contributed by atoms with Gasteiger partial charge in [-0.25, -0.2) is 8.42 Å². The zero-order valence-corrected chi connectivity index (χ0v) is 18.5. The molecule has 1 N–H and O–H groups in total. The van der Waals surface area contributed by atoms with Crippen LogP contribution in [0.4, 0.5) is 11.4 Å². The average molecular weight is 464 g/mol. The van der Waals surface area contributed by atoms with Crippen molar-refractivity contribution in [3.05, 3.63) is 47.0 Å². The van der Waals surface area contributed by atoms with Gasteiger partial charge in [-0.3, -0.25) is 14.5 Å². The van der Waals surface area contributed by atoms with Crippen molar-refractivity contribution in [2.45, 2.75) is 24.7 Å². The lowest BCUT2D eigenvalue weighted by Crippen LogP contribution is -2.43. The van der Waals surface area contributed by atoms with Crippen LogP contribution in [-0.4, -0.2) is 50.8 Å². The first kappa shape index (κ1) is 21.6. The van der Waals surface area contributed by atoms with Crippen LogP contribution in [0.15, 0.2) is 41.3 Å². The van der Waals surface area contributed by atoms with Crippen molar-refractivity contribution in [1.82, 2.24) is 4.31 Å². The molecule has 0 unspecified atom stereocenters. The summed E-state index contributed by atoms with van der Waals surface area (Å²) < 4.78 is 32.7. The smallest absolute Gasteiger partial charge is 0.265 e. The summed E-state index contributed by atoms with van der Waals surface area (Å²) in [5.41, 5.74) is 1.64. The molecule has 2 aliphatic rings. The van der Waals surface area contributed by atoms with Crippen molar-refractivity contribution in [2.75, 3.05) is 36.5 Å². The van der Waals surface area contributed by atoms with Crippen LogP contribution in [0.25, 0.3) is 0 Å². The van der Waals surface area contributed by atoms with E-state index in [0.29, 0.717) is 29.5 Å². The highest BCUT2D eigenvalue weighted by atomic mass is 35.5. The number of fused-ring (bicyclic) bond motifs is 1. The summed E-state index contributed by atoms with van der Waals surface area (Å²) in [6.07, 6.45) is 1.64. The molecular formula is C21H22ClN3O5S. The molecule has 0 aliphatic carbocycles. The third kappa shape index (κ3) is 4.39. The summed E-state index contributed by atoms with van der Waals surface area (Å²) in [5, 5.41) is 3.23. The lowest BCUT2D eigenvalue weighted by atomic mass is 10.2. The van der Waals surface area contributed by atoms with Gasteiger partial charge < -0.3 is 10.1 Å². The van der Waals surface area contributed by atoms with E-state index < -0.39 is 21.8 Å². The molecule has 1 saturated heterocycles. The topological polar surface area (TPSA) is 96.0 Å². The first-order chi connectivity index (χ1) is 14.8. The number of carbonyl (C=O) groups excluding carboxylic acids is 2. The predicted molar refractivity (Wildman–Crippen MR) is 117 cm³/mol. The van der Waals surface area contributed by atoms with Gasteiger partial charge in [-0.05, 0) is 55.7 Å². The molecule has 8 nitrogen and oxygen atoms in total. The minimum atomic E-state index is -3.67. The number of benzene rings is 2. The largest absolute Gasteiger partial charge is 0.482 e. The first-order valence-electron chi connectivity index (χ1n) is 9.89. The molecule has 0 atom stereocenters. The number of hydrogen-bond acceptors (Lipinski definition) is 5. The quantitative estimate of drug-likeness (QED) is 0.735. The molecule has 2 aromatic rings. The van der Waals surface area contributed by atoms with Gasteiger partial charge >= 0.3 is 0 Å². The van der Waals surface area contributed by atoms with E-state index in [1.165, 1.54) is 27.4 Å². The minimum absolute atomic E-state index is 0.0715. The highest BCUT2D eigenvalue weighted by molar-refractivity contribution is 7.89. The fourth-order valence-corrected chi connectivity index (χ4v) is 5.33. The fraction of sp³-hybridized carbons (Fsp3) is 0.333. The van der Waals surface area contributed by atoms with Gasteiger partial charge in [0.2, 0.25) is 15.9 Å². The number of hydrogen-bond donors (Lipinski definition) is 1. The summed E-state index contributed by atoms with van der Waals surface area (Å²) in [5.74, 6) is -0.514. The molecule has 2 heterocycles. The summed E-state index contributed by atoms with van der Waals surface area (Å²) in [7, 11) is -3.67. The second-order valence-corrected chi connectivity index (χ2v) is 9.87. The van der Waals surface area contributed by atoms with Gasteiger partial charge in [-0.2, -0.15) is 4.31 Å². The minimum Gasteiger partial charge on any atom is -0.482 e. The molecule has 31 heavy (non-hydrogen) atoms. The van der Waals surface area contributed by atoms with E-state index >= 15 is 0 Å². The Labute approximate surface area is 185 Å². The summed E-state index contributed by atoms with van der Waals surface area (Å²) in [4.78, 5) is 26.4. The summed E-state index contributed by atoms with van der Waals surface area (Å²) in [6, 6.07) is 9.52. The van der Waals surface area contributed by atoms with Crippen molar-refractivity contribution in [1.29, 1.82) is 0 Å². The number of anilines is 2. The lowest BCUT2D eigenvalue weighted by molar-refractivity contribution is -0.123. The molecule has 2 aliphatic heterocycles. The Morgan fingerprint density at radius 3 is 2.61 bits per heavy atom. The van der Waals surface area contributed by atoms with Crippen molar-refractivity contribution in [2.24, 2.45) is 0 Å². The van der Waals surface area contributed by atoms with Crippen molar-refractivity contribution >= 4 is 44.8 Å². The van der Waals surface area contributed by atoms with E-state index in [4.69, 9.17) is 16.3 Å². The highest BCUT2D eigenvalue weighted by Crippen LogP contribution is 2.35. The van der Waals surface area contributed by atoms with Crippen LogP contribution in [0.1, 0.15) is 18.4 Å². The van der Waals surface area contributed by atoms with Crippen LogP contribution >= 0.6 is 11.6 Å². The number of aryl methyl sites for hydroxylation is 1. The molecule has 0 saturated carbocycles. The Morgan fingerprint density at radius 2 is 1.90 bits per heavy atom. The molecule has 4 rings (SSSR count). The SMILES string of the molecule is Cc1ccc(NC(=O)CN2C(=O)COc3ccc(S(=O)(=O)N4CCCC4)cc32)cc1Cl. The molecule has 2 amide bonds. The monoisotopic (exact) mass is 463 g/mol. The Morgan fingerprint density at radius 1 is 1.16 bits per heavy atom. The maximum atomic E-state index is 12.9. The van der Waals surface area contributed by atoms with E-state index in [-0.39, 0.29) is 23.7 Å². The molecular weight excluding hydrogens is 442 g/mol. The number of amides is 2. The van der Waals surface area contributed by atoms with Gasteiger partial charge in [-0.15, -0.1) is 0 Å². The molecule has 0 radical (unpaired) electrons. The molecule has 10 heteroatoms. The lowest BCUT2D eigenvalue weighted by Gasteiger charge is -2.29. The standard InChI is InChI=1S/C21H22ClN3O5S/c1-14-4-5-15(10-17(14)22)23-20(26)12-25-18-11-16(6-7-19(18)30-13-21(25)27)31(28,29)24-8-2-3-9-24/h4-7,10-11H,2-3,8-9,12-13H2,1H3,(H,23,26). The van der Waals surface area contributed by atoms with Crippen LogP contribution in [0.3, 0.4) is 0 Å². The number of halogens is 1. The Balaban J connectivity index is 1.58. The molecule has 0 spiro atoms. The number of nitrogens with one attached hydrogen (secondary N) is 1. The van der Waals surface area contributed by atoms with E-state index in [1.807, 2.05) is 6.92 Å². The Kier molecular flexibility index (Phi) is 5.92. The van der Waals surface area contributed by atoms with Crippen LogP contribution in [0, 0.1) is 6.92 Å².